The highest BCUT2D eigenvalue weighted by molar-refractivity contribution is 6.07. The van der Waals surface area contributed by atoms with Gasteiger partial charge in [0.05, 0.1) is 16.8 Å². The molecule has 0 saturated carbocycles. The minimum atomic E-state index is -0.602. The van der Waals surface area contributed by atoms with Crippen LogP contribution in [0.25, 0.3) is 0 Å². The van der Waals surface area contributed by atoms with Crippen LogP contribution in [0.1, 0.15) is 59.8 Å². The van der Waals surface area contributed by atoms with E-state index in [1.54, 1.807) is 0 Å². The van der Waals surface area contributed by atoms with Crippen molar-refractivity contribution in [2.45, 2.75) is 37.5 Å². The zero-order chi connectivity index (χ0) is 29.4. The maximum atomic E-state index is 13.6. The number of carbonyl (C=O) groups is 4. The summed E-state index contributed by atoms with van der Waals surface area (Å²) < 4.78 is 5.02. The van der Waals surface area contributed by atoms with E-state index in [1.165, 1.54) is 29.2 Å². The summed E-state index contributed by atoms with van der Waals surface area (Å²) in [4.78, 5) is 63.1. The van der Waals surface area contributed by atoms with Crippen molar-refractivity contribution in [3.05, 3.63) is 105 Å². The molecule has 3 aromatic carbocycles. The first-order chi connectivity index (χ1) is 20.3. The van der Waals surface area contributed by atoms with E-state index in [0.29, 0.717) is 25.8 Å². The molecule has 3 aromatic rings. The molecule has 2 atom stereocenters. The molecule has 1 heterocycles. The molecule has 7 rings (SSSR count). The van der Waals surface area contributed by atoms with Crippen molar-refractivity contribution >= 4 is 35.1 Å². The third kappa shape index (κ3) is 4.82. The number of non-ortho nitro benzene ring substituents is 1. The molecule has 0 spiro atoms. The molecule has 2 bridgehead atoms. The van der Waals surface area contributed by atoms with Crippen LogP contribution in [0.4, 0.5) is 11.4 Å². The first-order valence-electron chi connectivity index (χ1n) is 14.1. The van der Waals surface area contributed by atoms with E-state index >= 15 is 0 Å². The average Bonchev–Trinajstić information content (AvgIpc) is 3.25. The van der Waals surface area contributed by atoms with Crippen LogP contribution in [0.3, 0.4) is 0 Å². The van der Waals surface area contributed by atoms with Gasteiger partial charge in [0.2, 0.25) is 11.8 Å². The molecular formula is C32H29N3O7. The third-order valence-electron chi connectivity index (χ3n) is 8.51. The predicted octanol–water partition coefficient (Wildman–Crippen LogP) is 4.53. The van der Waals surface area contributed by atoms with Gasteiger partial charge in [0, 0.05) is 42.6 Å². The van der Waals surface area contributed by atoms with E-state index in [9.17, 15) is 29.3 Å². The number of unbranched alkanes of at least 4 members (excludes halogenated alkanes) is 2. The van der Waals surface area contributed by atoms with Crippen LogP contribution in [0.5, 0.6) is 0 Å². The number of nitro groups is 1. The summed E-state index contributed by atoms with van der Waals surface area (Å²) >= 11 is 0. The van der Waals surface area contributed by atoms with E-state index in [-0.39, 0.29) is 41.4 Å². The van der Waals surface area contributed by atoms with Crippen LogP contribution in [0.15, 0.2) is 72.8 Å². The summed E-state index contributed by atoms with van der Waals surface area (Å²) in [5.74, 6) is -2.41. The quantitative estimate of drug-likeness (QED) is 0.125. The Kier molecular flexibility index (Phi) is 7.28. The van der Waals surface area contributed by atoms with Gasteiger partial charge in [-0.15, -0.1) is 0 Å². The molecule has 1 saturated heterocycles. The smallest absolute Gasteiger partial charge is 0.306 e. The van der Waals surface area contributed by atoms with Gasteiger partial charge in [-0.3, -0.25) is 34.2 Å². The molecule has 10 heteroatoms. The fourth-order valence-electron chi connectivity index (χ4n) is 6.79. The largest absolute Gasteiger partial charge is 0.456 e. The molecule has 3 amide bonds. The highest BCUT2D eigenvalue weighted by atomic mass is 16.6. The van der Waals surface area contributed by atoms with Gasteiger partial charge < -0.3 is 10.1 Å². The molecule has 0 aromatic heterocycles. The standard InChI is InChI=1S/C32H29N3O7/c36-25(33-19-9-8-10-20(17-19)35(40)41)18-42-26(37)15-2-1-7-16-34-31(38)29-27-21-11-3-4-12-22(21)28(30(29)32(34)39)24-14-6-5-13-23(24)27/h3-6,8-14,17,27-30H,1-2,7,15-16,18H2,(H,33,36)/t27?,28?,29-,30-/m0/s1. The van der Waals surface area contributed by atoms with Crippen molar-refractivity contribution in [1.29, 1.82) is 0 Å². The molecule has 214 valence electrons. The molecular weight excluding hydrogens is 538 g/mol. The monoisotopic (exact) mass is 567 g/mol. The van der Waals surface area contributed by atoms with Crippen molar-refractivity contribution in [2.24, 2.45) is 11.8 Å². The fourth-order valence-corrected chi connectivity index (χ4v) is 6.79. The number of imide groups is 1. The van der Waals surface area contributed by atoms with Gasteiger partial charge in [-0.2, -0.15) is 0 Å². The van der Waals surface area contributed by atoms with Crippen molar-refractivity contribution in [1.82, 2.24) is 4.90 Å². The normalized spacial score (nSPS) is 21.4. The minimum absolute atomic E-state index is 0.0893. The number of nitrogens with zero attached hydrogens (tertiary/aromatic N) is 2. The third-order valence-corrected chi connectivity index (χ3v) is 8.51. The van der Waals surface area contributed by atoms with E-state index in [2.05, 4.69) is 29.6 Å². The number of benzene rings is 3. The number of hydrogen-bond donors (Lipinski definition) is 1. The number of rotatable bonds is 10. The maximum Gasteiger partial charge on any atom is 0.306 e. The molecule has 42 heavy (non-hydrogen) atoms. The summed E-state index contributed by atoms with van der Waals surface area (Å²) in [7, 11) is 0. The van der Waals surface area contributed by atoms with Crippen LogP contribution < -0.4 is 5.32 Å². The van der Waals surface area contributed by atoms with Gasteiger partial charge >= 0.3 is 5.97 Å². The Labute approximate surface area is 241 Å². The number of hydrogen-bond acceptors (Lipinski definition) is 7. The van der Waals surface area contributed by atoms with Gasteiger partial charge in [-0.25, -0.2) is 0 Å². The van der Waals surface area contributed by atoms with E-state index < -0.39 is 35.2 Å². The molecule has 3 aliphatic carbocycles. The first-order valence-corrected chi connectivity index (χ1v) is 14.1. The van der Waals surface area contributed by atoms with Crippen LogP contribution in [-0.4, -0.2) is 46.7 Å². The van der Waals surface area contributed by atoms with Crippen molar-refractivity contribution in [2.75, 3.05) is 18.5 Å². The molecule has 0 radical (unpaired) electrons. The second-order valence-corrected chi connectivity index (χ2v) is 10.9. The summed E-state index contributed by atoms with van der Waals surface area (Å²) in [6.45, 7) is -0.203. The Morgan fingerprint density at radius 3 is 1.93 bits per heavy atom. The van der Waals surface area contributed by atoms with Gasteiger partial charge in [-0.05, 0) is 41.2 Å². The second kappa shape index (κ2) is 11.2. The average molecular weight is 568 g/mol. The summed E-state index contributed by atoms with van der Waals surface area (Å²) in [5.41, 5.74) is 4.64. The molecule has 1 aliphatic heterocycles. The Hall–Kier alpha value is -4.86. The van der Waals surface area contributed by atoms with Crippen LogP contribution >= 0.6 is 0 Å². The number of ether oxygens (including phenoxy) is 1. The lowest BCUT2D eigenvalue weighted by atomic mass is 9.55. The van der Waals surface area contributed by atoms with E-state index in [1.807, 2.05) is 24.3 Å². The zero-order valence-corrected chi connectivity index (χ0v) is 22.7. The lowest BCUT2D eigenvalue weighted by Crippen LogP contribution is -2.41. The lowest BCUT2D eigenvalue weighted by molar-refractivity contribution is -0.384. The maximum absolute atomic E-state index is 13.6. The van der Waals surface area contributed by atoms with Crippen molar-refractivity contribution < 1.29 is 28.8 Å². The predicted molar refractivity (Wildman–Crippen MR) is 151 cm³/mol. The minimum Gasteiger partial charge on any atom is -0.456 e. The summed E-state index contributed by atoms with van der Waals surface area (Å²) in [5, 5.41) is 13.3. The van der Waals surface area contributed by atoms with E-state index in [0.717, 1.165) is 22.3 Å². The number of likely N-dealkylation sites (tertiary alicyclic amines) is 1. The Morgan fingerprint density at radius 1 is 0.810 bits per heavy atom. The Morgan fingerprint density at radius 2 is 1.38 bits per heavy atom. The number of nitro benzene ring substituents is 1. The van der Waals surface area contributed by atoms with Crippen molar-refractivity contribution in [3.8, 4) is 0 Å². The SMILES string of the molecule is O=C(COC(=O)CCCCCN1C(=O)[C@H]2C3c4ccccc4C(c4ccccc43)[C@@H]2C1=O)Nc1cccc([N+](=O)[O-])c1. The molecule has 1 N–H and O–H groups in total. The molecule has 4 aliphatic rings. The summed E-state index contributed by atoms with van der Waals surface area (Å²) in [6, 6.07) is 21.7. The highest BCUT2D eigenvalue weighted by Crippen LogP contribution is 2.60. The first kappa shape index (κ1) is 27.3. The number of amides is 3. The number of esters is 1. The Balaban J connectivity index is 0.985. The molecule has 10 nitrogen and oxygen atoms in total. The van der Waals surface area contributed by atoms with E-state index in [4.69, 9.17) is 4.74 Å². The van der Waals surface area contributed by atoms with Gasteiger partial charge in [-0.1, -0.05) is 61.0 Å². The lowest BCUT2D eigenvalue weighted by Gasteiger charge is -2.45. The van der Waals surface area contributed by atoms with Crippen LogP contribution in [-0.2, 0) is 23.9 Å². The van der Waals surface area contributed by atoms with Crippen molar-refractivity contribution in [3.63, 3.8) is 0 Å². The van der Waals surface area contributed by atoms with Crippen LogP contribution in [0, 0.1) is 22.0 Å². The number of carbonyl (C=O) groups excluding carboxylic acids is 4. The Bertz CT molecular complexity index is 1490. The molecule has 1 fully saturated rings. The van der Waals surface area contributed by atoms with Gasteiger partial charge in [0.15, 0.2) is 6.61 Å². The van der Waals surface area contributed by atoms with Gasteiger partial charge in [0.25, 0.3) is 11.6 Å². The number of anilines is 1. The second-order valence-electron chi connectivity index (χ2n) is 10.9. The fraction of sp³-hybridized carbons (Fsp3) is 0.312. The van der Waals surface area contributed by atoms with Crippen LogP contribution in [0.2, 0.25) is 0 Å². The number of nitrogens with one attached hydrogen (secondary N) is 1. The topological polar surface area (TPSA) is 136 Å². The highest BCUT2D eigenvalue weighted by Gasteiger charge is 2.61. The zero-order valence-electron chi connectivity index (χ0n) is 22.7. The molecule has 0 unspecified atom stereocenters. The summed E-state index contributed by atoms with van der Waals surface area (Å²) in [6.07, 6.45) is 1.74. The van der Waals surface area contributed by atoms with Gasteiger partial charge in [0.1, 0.15) is 0 Å².